The number of hydrogen-bond donors (Lipinski definition) is 3. The van der Waals surface area contributed by atoms with Crippen molar-refractivity contribution in [2.24, 2.45) is 5.92 Å². The summed E-state index contributed by atoms with van der Waals surface area (Å²) < 4.78 is 5.70. The van der Waals surface area contributed by atoms with Gasteiger partial charge in [-0.3, -0.25) is 14.5 Å². The number of hydrogen-bond acceptors (Lipinski definition) is 6. The van der Waals surface area contributed by atoms with Gasteiger partial charge in [0, 0.05) is 6.08 Å². The molecule has 1 aliphatic heterocycles. The van der Waals surface area contributed by atoms with Gasteiger partial charge in [-0.05, 0) is 30.5 Å². The van der Waals surface area contributed by atoms with Gasteiger partial charge in [0.25, 0.3) is 11.8 Å². The van der Waals surface area contributed by atoms with Crippen molar-refractivity contribution in [1.82, 2.24) is 4.90 Å². The lowest BCUT2D eigenvalue weighted by Gasteiger charge is -2.16. The topological polar surface area (TPSA) is 116 Å². The van der Waals surface area contributed by atoms with Crippen molar-refractivity contribution in [2.75, 3.05) is 25.1 Å². The Labute approximate surface area is 151 Å². The second kappa shape index (κ2) is 8.48. The number of rotatable bonds is 9. The van der Waals surface area contributed by atoms with E-state index in [1.165, 1.54) is 18.2 Å². The zero-order valence-electron chi connectivity index (χ0n) is 14.7. The zero-order valence-corrected chi connectivity index (χ0v) is 14.7. The molecule has 1 aromatic carbocycles. The largest absolute Gasteiger partial charge is 0.491 e. The van der Waals surface area contributed by atoms with Gasteiger partial charge < -0.3 is 20.3 Å². The third kappa shape index (κ3) is 4.60. The van der Waals surface area contributed by atoms with Gasteiger partial charge in [-0.1, -0.05) is 13.8 Å². The maximum absolute atomic E-state index is 12.2. The number of aromatic carboxylic acids is 1. The molecule has 1 aromatic rings. The Morgan fingerprint density at radius 2 is 2.04 bits per heavy atom. The molecule has 1 aliphatic rings. The van der Waals surface area contributed by atoms with Gasteiger partial charge in [0.2, 0.25) is 0 Å². The molecule has 2 amide bonds. The van der Waals surface area contributed by atoms with Crippen LogP contribution in [-0.2, 0) is 9.59 Å². The summed E-state index contributed by atoms with van der Waals surface area (Å²) in [4.78, 5) is 36.2. The molecule has 140 valence electrons. The van der Waals surface area contributed by atoms with E-state index in [1.807, 2.05) is 0 Å². The highest BCUT2D eigenvalue weighted by atomic mass is 16.5. The lowest BCUT2D eigenvalue weighted by atomic mass is 10.1. The highest BCUT2D eigenvalue weighted by Gasteiger charge is 2.31. The van der Waals surface area contributed by atoms with Gasteiger partial charge in [0.15, 0.2) is 0 Å². The van der Waals surface area contributed by atoms with Crippen molar-refractivity contribution in [3.63, 3.8) is 0 Å². The van der Waals surface area contributed by atoms with E-state index in [2.05, 4.69) is 19.2 Å². The summed E-state index contributed by atoms with van der Waals surface area (Å²) in [5.41, 5.74) is 0.305. The number of amides is 2. The highest BCUT2D eigenvalue weighted by molar-refractivity contribution is 6.17. The Morgan fingerprint density at radius 3 is 2.65 bits per heavy atom. The van der Waals surface area contributed by atoms with E-state index in [1.54, 1.807) is 0 Å². The Bertz CT molecular complexity index is 741. The zero-order chi connectivity index (χ0) is 19.3. The third-order valence-electron chi connectivity index (χ3n) is 3.78. The molecule has 0 saturated carbocycles. The minimum absolute atomic E-state index is 0.000279. The normalized spacial score (nSPS) is 14.0. The summed E-state index contributed by atoms with van der Waals surface area (Å²) in [6, 6.07) is 4.27. The lowest BCUT2D eigenvalue weighted by Crippen LogP contribution is -2.34. The van der Waals surface area contributed by atoms with E-state index >= 15 is 0 Å². The predicted octanol–water partition coefficient (Wildman–Crippen LogP) is 1.47. The number of carbonyl (C=O) groups excluding carboxylic acids is 2. The van der Waals surface area contributed by atoms with E-state index in [4.69, 9.17) is 9.84 Å². The number of β-amino-alcohol motifs (C(OH)–C–C–N with tert-alkyl or cyclic N) is 1. The molecule has 0 radical (unpaired) electrons. The number of ether oxygens (including phenoxy) is 1. The highest BCUT2D eigenvalue weighted by Crippen LogP contribution is 2.29. The molecule has 2 rings (SSSR count). The molecule has 0 aromatic heterocycles. The average Bonchev–Trinajstić information content (AvgIpc) is 2.83. The van der Waals surface area contributed by atoms with Crippen LogP contribution in [-0.4, -0.2) is 52.7 Å². The van der Waals surface area contributed by atoms with Gasteiger partial charge in [-0.2, -0.15) is 0 Å². The summed E-state index contributed by atoms with van der Waals surface area (Å²) in [5, 5.41) is 20.9. The number of nitrogens with one attached hydrogen (secondary N) is 1. The average molecular weight is 362 g/mol. The number of carboxylic acid groups (broad SMARTS) is 1. The SMILES string of the molecule is CC(C)CCOc1ccc(C(=O)O)cc1NC1=CC(=O)N(CCO)C1=O. The molecule has 1 heterocycles. The molecule has 8 heteroatoms. The summed E-state index contributed by atoms with van der Waals surface area (Å²) in [6.07, 6.45) is 1.92. The van der Waals surface area contributed by atoms with E-state index in [9.17, 15) is 19.5 Å². The van der Waals surface area contributed by atoms with Gasteiger partial charge in [0.1, 0.15) is 11.4 Å². The standard InChI is InChI=1S/C18H22N2O6/c1-11(2)5-8-26-15-4-3-12(18(24)25)9-13(15)19-14-10-16(22)20(6-7-21)17(14)23/h3-4,9-11,19,21H,5-8H2,1-2H3,(H,24,25). The first kappa shape index (κ1) is 19.5. The van der Waals surface area contributed by atoms with Crippen LogP contribution in [0.3, 0.4) is 0 Å². The number of aliphatic hydroxyl groups is 1. The first-order valence-corrected chi connectivity index (χ1v) is 8.29. The number of carbonyl (C=O) groups is 3. The van der Waals surface area contributed by atoms with Gasteiger partial charge >= 0.3 is 5.97 Å². The molecule has 0 fully saturated rings. The molecule has 0 unspecified atom stereocenters. The number of anilines is 1. The van der Waals surface area contributed by atoms with Crippen LogP contribution >= 0.6 is 0 Å². The van der Waals surface area contributed by atoms with Crippen LogP contribution in [0.25, 0.3) is 0 Å². The fraction of sp³-hybridized carbons (Fsp3) is 0.389. The quantitative estimate of drug-likeness (QED) is 0.570. The van der Waals surface area contributed by atoms with E-state index in [-0.39, 0.29) is 30.1 Å². The minimum atomic E-state index is -1.12. The van der Waals surface area contributed by atoms with E-state index in [0.29, 0.717) is 18.3 Å². The van der Waals surface area contributed by atoms with Crippen molar-refractivity contribution >= 4 is 23.5 Å². The number of carboxylic acids is 1. The van der Waals surface area contributed by atoms with Gasteiger partial charge in [-0.25, -0.2) is 4.79 Å². The Balaban J connectivity index is 2.24. The monoisotopic (exact) mass is 362 g/mol. The fourth-order valence-corrected chi connectivity index (χ4v) is 2.35. The molecule has 26 heavy (non-hydrogen) atoms. The summed E-state index contributed by atoms with van der Waals surface area (Å²) >= 11 is 0. The van der Waals surface area contributed by atoms with Crippen molar-refractivity contribution in [2.45, 2.75) is 20.3 Å². The van der Waals surface area contributed by atoms with Crippen LogP contribution < -0.4 is 10.1 Å². The van der Waals surface area contributed by atoms with Crippen LogP contribution in [0.5, 0.6) is 5.75 Å². The number of benzene rings is 1. The fourth-order valence-electron chi connectivity index (χ4n) is 2.35. The maximum Gasteiger partial charge on any atom is 0.335 e. The van der Waals surface area contributed by atoms with Crippen LogP contribution in [0.15, 0.2) is 30.0 Å². The molecular formula is C18H22N2O6. The van der Waals surface area contributed by atoms with Crippen molar-refractivity contribution in [3.8, 4) is 5.75 Å². The number of nitrogens with zero attached hydrogens (tertiary/aromatic N) is 1. The molecule has 0 saturated heterocycles. The first-order chi connectivity index (χ1) is 12.3. The van der Waals surface area contributed by atoms with Crippen molar-refractivity contribution in [1.29, 1.82) is 0 Å². The van der Waals surface area contributed by atoms with E-state index in [0.717, 1.165) is 17.4 Å². The summed E-state index contributed by atoms with van der Waals surface area (Å²) in [5.74, 6) is -1.42. The molecule has 0 atom stereocenters. The minimum Gasteiger partial charge on any atom is -0.491 e. The van der Waals surface area contributed by atoms with Gasteiger partial charge in [-0.15, -0.1) is 0 Å². The van der Waals surface area contributed by atoms with Crippen LogP contribution in [0, 0.1) is 5.92 Å². The number of aliphatic hydroxyl groups excluding tert-OH is 1. The number of imide groups is 1. The molecule has 0 aliphatic carbocycles. The second-order valence-electron chi connectivity index (χ2n) is 6.25. The Kier molecular flexibility index (Phi) is 6.35. The third-order valence-corrected chi connectivity index (χ3v) is 3.78. The Hall–Kier alpha value is -2.87. The molecule has 0 spiro atoms. The molecule has 3 N–H and O–H groups in total. The lowest BCUT2D eigenvalue weighted by molar-refractivity contribution is -0.137. The molecule has 8 nitrogen and oxygen atoms in total. The molecular weight excluding hydrogens is 340 g/mol. The van der Waals surface area contributed by atoms with Crippen LogP contribution in [0.1, 0.15) is 30.6 Å². The van der Waals surface area contributed by atoms with E-state index < -0.39 is 17.8 Å². The van der Waals surface area contributed by atoms with Crippen LogP contribution in [0.2, 0.25) is 0 Å². The summed E-state index contributed by atoms with van der Waals surface area (Å²) in [6.45, 7) is 4.10. The predicted molar refractivity (Wildman–Crippen MR) is 93.9 cm³/mol. The summed E-state index contributed by atoms with van der Waals surface area (Å²) in [7, 11) is 0. The maximum atomic E-state index is 12.2. The smallest absolute Gasteiger partial charge is 0.335 e. The second-order valence-corrected chi connectivity index (χ2v) is 6.25. The molecule has 0 bridgehead atoms. The first-order valence-electron chi connectivity index (χ1n) is 8.29. The van der Waals surface area contributed by atoms with Crippen molar-refractivity contribution < 1.29 is 29.3 Å². The van der Waals surface area contributed by atoms with Crippen molar-refractivity contribution in [3.05, 3.63) is 35.5 Å². The van der Waals surface area contributed by atoms with Gasteiger partial charge in [0.05, 0.1) is 31.0 Å². The van der Waals surface area contributed by atoms with Crippen LogP contribution in [0.4, 0.5) is 5.69 Å². The Morgan fingerprint density at radius 1 is 1.31 bits per heavy atom.